The molecule has 1 rings (SSSR count). The minimum absolute atomic E-state index is 0.112. The van der Waals surface area contributed by atoms with Crippen molar-refractivity contribution in [2.45, 2.75) is 6.10 Å². The van der Waals surface area contributed by atoms with E-state index in [1.54, 1.807) is 0 Å². The Morgan fingerprint density at radius 2 is 2.33 bits per heavy atom. The molecular formula is C9H16N2O4. The van der Waals surface area contributed by atoms with Crippen LogP contribution in [0.4, 0.5) is 0 Å². The van der Waals surface area contributed by atoms with Crippen LogP contribution < -0.4 is 5.32 Å². The van der Waals surface area contributed by atoms with Gasteiger partial charge in [-0.05, 0) is 7.05 Å². The molecule has 0 aliphatic carbocycles. The van der Waals surface area contributed by atoms with E-state index in [9.17, 15) is 9.59 Å². The fraction of sp³-hybridized carbons (Fsp3) is 0.778. The van der Waals surface area contributed by atoms with Gasteiger partial charge in [-0.25, -0.2) is 0 Å². The van der Waals surface area contributed by atoms with Crippen LogP contribution in [-0.2, 0) is 19.1 Å². The van der Waals surface area contributed by atoms with Crippen LogP contribution in [0.5, 0.6) is 0 Å². The Morgan fingerprint density at radius 1 is 1.60 bits per heavy atom. The van der Waals surface area contributed by atoms with Gasteiger partial charge in [0.25, 0.3) is 5.91 Å². The maximum absolute atomic E-state index is 11.5. The highest BCUT2D eigenvalue weighted by Crippen LogP contribution is 2.02. The zero-order valence-corrected chi connectivity index (χ0v) is 8.99. The summed E-state index contributed by atoms with van der Waals surface area (Å²) in [7, 11) is 3.20. The third-order valence-electron chi connectivity index (χ3n) is 2.20. The van der Waals surface area contributed by atoms with E-state index in [1.165, 1.54) is 7.11 Å². The zero-order chi connectivity index (χ0) is 11.3. The lowest BCUT2D eigenvalue weighted by molar-refractivity contribution is -0.144. The topological polar surface area (TPSA) is 67.9 Å². The van der Waals surface area contributed by atoms with Crippen LogP contribution in [0.3, 0.4) is 0 Å². The van der Waals surface area contributed by atoms with Gasteiger partial charge in [-0.2, -0.15) is 0 Å². The third-order valence-corrected chi connectivity index (χ3v) is 2.20. The van der Waals surface area contributed by atoms with Crippen LogP contribution in [0.25, 0.3) is 0 Å². The number of nitrogens with zero attached hydrogens (tertiary/aromatic N) is 1. The number of esters is 1. The molecule has 1 N–H and O–H groups in total. The lowest BCUT2D eigenvalue weighted by Crippen LogP contribution is -2.49. The highest BCUT2D eigenvalue weighted by atomic mass is 16.5. The first kappa shape index (κ1) is 11.9. The van der Waals surface area contributed by atoms with Gasteiger partial charge in [-0.3, -0.25) is 9.59 Å². The molecule has 6 heteroatoms. The zero-order valence-electron chi connectivity index (χ0n) is 8.99. The fourth-order valence-electron chi connectivity index (χ4n) is 1.28. The van der Waals surface area contributed by atoms with Crippen molar-refractivity contribution in [3.63, 3.8) is 0 Å². The Balaban J connectivity index is 2.30. The molecule has 86 valence electrons. The van der Waals surface area contributed by atoms with Gasteiger partial charge >= 0.3 is 5.97 Å². The summed E-state index contributed by atoms with van der Waals surface area (Å²) in [6.45, 7) is 1.79. The molecule has 1 amide bonds. The average Bonchev–Trinajstić information content (AvgIpc) is 2.25. The number of carbonyl (C=O) groups excluding carboxylic acids is 2. The Labute approximate surface area is 88.5 Å². The largest absolute Gasteiger partial charge is 0.468 e. The normalized spacial score (nSPS) is 22.1. The number of rotatable bonds is 3. The molecule has 0 spiro atoms. The summed E-state index contributed by atoms with van der Waals surface area (Å²) in [5, 5.41) is 2.46. The SMILES string of the molecule is COC(=O)CNC(=O)C1CN(C)CCO1. The van der Waals surface area contributed by atoms with E-state index < -0.39 is 12.1 Å². The van der Waals surface area contributed by atoms with Crippen molar-refractivity contribution in [2.75, 3.05) is 40.4 Å². The number of carbonyl (C=O) groups is 2. The van der Waals surface area contributed by atoms with E-state index in [0.717, 1.165) is 6.54 Å². The molecule has 15 heavy (non-hydrogen) atoms. The van der Waals surface area contributed by atoms with Crippen LogP contribution in [0, 0.1) is 0 Å². The lowest BCUT2D eigenvalue weighted by Gasteiger charge is -2.28. The molecule has 0 radical (unpaired) electrons. The highest BCUT2D eigenvalue weighted by molar-refractivity contribution is 5.85. The van der Waals surface area contributed by atoms with Crippen LogP contribution >= 0.6 is 0 Å². The van der Waals surface area contributed by atoms with E-state index in [4.69, 9.17) is 4.74 Å². The minimum Gasteiger partial charge on any atom is -0.468 e. The summed E-state index contributed by atoms with van der Waals surface area (Å²) in [4.78, 5) is 24.3. The molecule has 0 aromatic carbocycles. The standard InChI is InChI=1S/C9H16N2O4/c1-11-3-4-15-7(6-11)9(13)10-5-8(12)14-2/h7H,3-6H2,1-2H3,(H,10,13). The smallest absolute Gasteiger partial charge is 0.325 e. The number of ether oxygens (including phenoxy) is 2. The van der Waals surface area contributed by atoms with E-state index in [1.807, 2.05) is 11.9 Å². The average molecular weight is 216 g/mol. The van der Waals surface area contributed by atoms with Gasteiger partial charge in [-0.1, -0.05) is 0 Å². The molecule has 0 aromatic rings. The van der Waals surface area contributed by atoms with Gasteiger partial charge in [0.15, 0.2) is 0 Å². The first-order chi connectivity index (χ1) is 7.13. The van der Waals surface area contributed by atoms with Crippen LogP contribution in [0.1, 0.15) is 0 Å². The van der Waals surface area contributed by atoms with Crippen molar-refractivity contribution in [2.24, 2.45) is 0 Å². The monoisotopic (exact) mass is 216 g/mol. The maximum Gasteiger partial charge on any atom is 0.325 e. The van der Waals surface area contributed by atoms with Crippen molar-refractivity contribution in [1.29, 1.82) is 0 Å². The van der Waals surface area contributed by atoms with Gasteiger partial charge in [0, 0.05) is 13.1 Å². The summed E-state index contributed by atoms with van der Waals surface area (Å²) >= 11 is 0. The van der Waals surface area contributed by atoms with Gasteiger partial charge < -0.3 is 19.7 Å². The first-order valence-corrected chi connectivity index (χ1v) is 4.78. The number of likely N-dealkylation sites (N-methyl/N-ethyl adjacent to an activating group) is 1. The van der Waals surface area contributed by atoms with Crippen molar-refractivity contribution in [3.8, 4) is 0 Å². The van der Waals surface area contributed by atoms with E-state index in [0.29, 0.717) is 13.2 Å². The maximum atomic E-state index is 11.5. The Bertz CT molecular complexity index is 244. The molecule has 1 aliphatic heterocycles. The second-order valence-corrected chi connectivity index (χ2v) is 3.42. The predicted molar refractivity (Wildman–Crippen MR) is 52.3 cm³/mol. The number of nitrogens with one attached hydrogen (secondary N) is 1. The molecule has 0 bridgehead atoms. The van der Waals surface area contributed by atoms with Crippen LogP contribution in [0.15, 0.2) is 0 Å². The molecule has 0 saturated carbocycles. The Morgan fingerprint density at radius 3 is 2.93 bits per heavy atom. The Hall–Kier alpha value is -1.14. The van der Waals surface area contributed by atoms with Crippen molar-refractivity contribution in [1.82, 2.24) is 10.2 Å². The number of amides is 1. The van der Waals surface area contributed by atoms with Crippen LogP contribution in [0.2, 0.25) is 0 Å². The van der Waals surface area contributed by atoms with E-state index in [-0.39, 0.29) is 12.5 Å². The number of morpholine rings is 1. The fourth-order valence-corrected chi connectivity index (χ4v) is 1.28. The lowest BCUT2D eigenvalue weighted by atomic mass is 10.2. The number of hydrogen-bond acceptors (Lipinski definition) is 5. The summed E-state index contributed by atoms with van der Waals surface area (Å²) in [6, 6.07) is 0. The van der Waals surface area contributed by atoms with E-state index in [2.05, 4.69) is 10.1 Å². The summed E-state index contributed by atoms with van der Waals surface area (Å²) < 4.78 is 9.67. The summed E-state index contributed by atoms with van der Waals surface area (Å²) in [6.07, 6.45) is -0.492. The number of methoxy groups -OCH3 is 1. The van der Waals surface area contributed by atoms with Crippen molar-refractivity contribution >= 4 is 11.9 Å². The third kappa shape index (κ3) is 3.85. The Kier molecular flexibility index (Phi) is 4.51. The van der Waals surface area contributed by atoms with Gasteiger partial charge in [0.1, 0.15) is 12.6 Å². The minimum atomic E-state index is -0.492. The predicted octanol–water partition coefficient (Wildman–Crippen LogP) is -1.39. The second kappa shape index (κ2) is 5.67. The first-order valence-electron chi connectivity index (χ1n) is 4.78. The molecule has 6 nitrogen and oxygen atoms in total. The quantitative estimate of drug-likeness (QED) is 0.588. The molecule has 0 aromatic heterocycles. The molecular weight excluding hydrogens is 200 g/mol. The van der Waals surface area contributed by atoms with Gasteiger partial charge in [-0.15, -0.1) is 0 Å². The molecule has 1 saturated heterocycles. The van der Waals surface area contributed by atoms with Gasteiger partial charge in [0.2, 0.25) is 0 Å². The molecule has 1 fully saturated rings. The molecule has 1 unspecified atom stereocenters. The molecule has 1 aliphatic rings. The van der Waals surface area contributed by atoms with Crippen molar-refractivity contribution < 1.29 is 19.1 Å². The van der Waals surface area contributed by atoms with Crippen molar-refractivity contribution in [3.05, 3.63) is 0 Å². The van der Waals surface area contributed by atoms with Crippen LogP contribution in [-0.4, -0.2) is 63.3 Å². The molecule has 1 heterocycles. The van der Waals surface area contributed by atoms with E-state index >= 15 is 0 Å². The second-order valence-electron chi connectivity index (χ2n) is 3.42. The number of hydrogen-bond donors (Lipinski definition) is 1. The molecule has 1 atom stereocenters. The summed E-state index contributed by atoms with van der Waals surface area (Å²) in [5.41, 5.74) is 0. The summed E-state index contributed by atoms with van der Waals surface area (Å²) in [5.74, 6) is -0.737. The van der Waals surface area contributed by atoms with Gasteiger partial charge in [0.05, 0.1) is 13.7 Å². The highest BCUT2D eigenvalue weighted by Gasteiger charge is 2.24.